The Morgan fingerprint density at radius 1 is 1.06 bits per heavy atom. The lowest BCUT2D eigenvalue weighted by molar-refractivity contribution is 0.0744. The van der Waals surface area contributed by atoms with Gasteiger partial charge in [-0.1, -0.05) is 0 Å². The highest BCUT2D eigenvalue weighted by molar-refractivity contribution is 5.97. The van der Waals surface area contributed by atoms with Crippen LogP contribution in [0.4, 0.5) is 5.82 Å². The molecule has 4 heterocycles. The maximum absolute atomic E-state index is 13.2. The van der Waals surface area contributed by atoms with Gasteiger partial charge in [0.25, 0.3) is 5.91 Å². The van der Waals surface area contributed by atoms with Crippen LogP contribution in [0.25, 0.3) is 11.0 Å². The van der Waals surface area contributed by atoms with Crippen molar-refractivity contribution in [3.05, 3.63) is 57.6 Å². The number of fused-ring (bicyclic) bond motifs is 1. The summed E-state index contributed by atoms with van der Waals surface area (Å²) < 4.78 is 1.88. The Hall–Kier alpha value is -3.29. The molecular weight excluding hydrogens is 392 g/mol. The molecular formula is C23H26N6O2. The lowest BCUT2D eigenvalue weighted by Gasteiger charge is -2.35. The van der Waals surface area contributed by atoms with Crippen molar-refractivity contribution in [3.8, 4) is 0 Å². The molecule has 2 fully saturated rings. The lowest BCUT2D eigenvalue weighted by atomic mass is 10.1. The Labute approximate surface area is 180 Å². The van der Waals surface area contributed by atoms with Crippen LogP contribution >= 0.6 is 0 Å². The van der Waals surface area contributed by atoms with E-state index >= 15 is 0 Å². The summed E-state index contributed by atoms with van der Waals surface area (Å²) in [6.07, 6.45) is 4.08. The van der Waals surface area contributed by atoms with Crippen LogP contribution in [0.5, 0.6) is 0 Å². The largest absolute Gasteiger partial charge is 0.352 e. The smallest absolute Gasteiger partial charge is 0.259 e. The van der Waals surface area contributed by atoms with Crippen LogP contribution < -0.4 is 10.3 Å². The molecule has 2 aliphatic rings. The molecule has 0 aromatic carbocycles. The second-order valence-corrected chi connectivity index (χ2v) is 8.35. The molecule has 0 atom stereocenters. The summed E-state index contributed by atoms with van der Waals surface area (Å²) in [6, 6.07) is 7.67. The van der Waals surface area contributed by atoms with Gasteiger partial charge in [-0.2, -0.15) is 5.10 Å². The minimum Gasteiger partial charge on any atom is -0.352 e. The van der Waals surface area contributed by atoms with Crippen LogP contribution in [0, 0.1) is 6.92 Å². The van der Waals surface area contributed by atoms with E-state index in [1.165, 1.54) is 12.8 Å². The summed E-state index contributed by atoms with van der Waals surface area (Å²) in [6.45, 7) is 6.93. The highest BCUT2D eigenvalue weighted by atomic mass is 16.2. The second-order valence-electron chi connectivity index (χ2n) is 8.35. The van der Waals surface area contributed by atoms with Gasteiger partial charge in [0.1, 0.15) is 11.2 Å². The van der Waals surface area contributed by atoms with Crippen molar-refractivity contribution in [1.29, 1.82) is 0 Å². The van der Waals surface area contributed by atoms with Gasteiger partial charge in [0.2, 0.25) is 5.43 Å². The van der Waals surface area contributed by atoms with Crippen molar-refractivity contribution in [1.82, 2.24) is 24.6 Å². The fraction of sp³-hybridized carbons (Fsp3) is 0.435. The Kier molecular flexibility index (Phi) is 4.92. The van der Waals surface area contributed by atoms with Crippen molar-refractivity contribution < 1.29 is 4.79 Å². The topological polar surface area (TPSA) is 84.2 Å². The van der Waals surface area contributed by atoms with Crippen molar-refractivity contribution in [3.63, 3.8) is 0 Å². The molecule has 31 heavy (non-hydrogen) atoms. The molecule has 8 heteroatoms. The molecule has 1 amide bonds. The summed E-state index contributed by atoms with van der Waals surface area (Å²) in [5.41, 5.74) is 2.51. The van der Waals surface area contributed by atoms with Gasteiger partial charge < -0.3 is 14.4 Å². The number of anilines is 1. The zero-order valence-corrected chi connectivity index (χ0v) is 17.9. The van der Waals surface area contributed by atoms with E-state index in [1.807, 2.05) is 30.5 Å². The predicted octanol–water partition coefficient (Wildman–Crippen LogP) is 2.35. The molecule has 0 radical (unpaired) electrons. The van der Waals surface area contributed by atoms with Gasteiger partial charge in [0.15, 0.2) is 5.82 Å². The number of carbonyl (C=O) groups is 1. The summed E-state index contributed by atoms with van der Waals surface area (Å²) in [4.78, 5) is 34.7. The molecule has 8 nitrogen and oxygen atoms in total. The number of nitrogens with zero attached hydrogens (tertiary/aromatic N) is 6. The summed E-state index contributed by atoms with van der Waals surface area (Å²) in [7, 11) is 0. The molecule has 1 aliphatic carbocycles. The van der Waals surface area contributed by atoms with Gasteiger partial charge in [-0.3, -0.25) is 9.59 Å². The molecule has 1 saturated heterocycles. The van der Waals surface area contributed by atoms with Gasteiger partial charge in [0.05, 0.1) is 11.1 Å². The normalized spacial score (nSPS) is 16.7. The monoisotopic (exact) mass is 418 g/mol. The zero-order chi connectivity index (χ0) is 21.5. The van der Waals surface area contributed by atoms with E-state index in [1.54, 1.807) is 17.2 Å². The highest BCUT2D eigenvalue weighted by Crippen LogP contribution is 2.38. The average Bonchev–Trinajstić information content (AvgIpc) is 3.65. The minimum absolute atomic E-state index is 0.210. The Bertz CT molecular complexity index is 1190. The molecule has 1 saturated carbocycles. The van der Waals surface area contributed by atoms with Crippen LogP contribution in [0.15, 0.2) is 35.3 Å². The first-order chi connectivity index (χ1) is 15.0. The molecule has 0 bridgehead atoms. The SMILES string of the molecule is CCn1cc(C(=O)N2CCN(c3ccc(C4CC4)nn3)CC2)c(=O)c2ccc(C)nc21. The van der Waals surface area contributed by atoms with Crippen molar-refractivity contribution in [2.45, 2.75) is 39.2 Å². The van der Waals surface area contributed by atoms with Crippen molar-refractivity contribution in [2.75, 3.05) is 31.1 Å². The number of amides is 1. The summed E-state index contributed by atoms with van der Waals surface area (Å²) >= 11 is 0. The van der Waals surface area contributed by atoms with Gasteiger partial charge in [-0.05, 0) is 51.0 Å². The number of hydrogen-bond acceptors (Lipinski definition) is 6. The van der Waals surface area contributed by atoms with E-state index in [0.29, 0.717) is 49.7 Å². The molecule has 1 aliphatic heterocycles. The predicted molar refractivity (Wildman–Crippen MR) is 119 cm³/mol. The average molecular weight is 419 g/mol. The van der Waals surface area contributed by atoms with E-state index in [4.69, 9.17) is 0 Å². The highest BCUT2D eigenvalue weighted by Gasteiger charge is 2.28. The zero-order valence-electron chi connectivity index (χ0n) is 17.9. The van der Waals surface area contributed by atoms with Crippen LogP contribution in [0.3, 0.4) is 0 Å². The molecule has 160 valence electrons. The molecule has 3 aromatic heterocycles. The maximum atomic E-state index is 13.2. The van der Waals surface area contributed by atoms with Crippen LogP contribution in [-0.2, 0) is 6.54 Å². The number of piperazine rings is 1. The third-order valence-electron chi connectivity index (χ3n) is 6.19. The first-order valence-corrected chi connectivity index (χ1v) is 10.9. The minimum atomic E-state index is -0.249. The summed E-state index contributed by atoms with van der Waals surface area (Å²) in [5, 5.41) is 9.23. The summed E-state index contributed by atoms with van der Waals surface area (Å²) in [5.74, 6) is 1.21. The van der Waals surface area contributed by atoms with Gasteiger partial charge in [-0.15, -0.1) is 5.10 Å². The van der Waals surface area contributed by atoms with Gasteiger partial charge in [-0.25, -0.2) is 4.98 Å². The lowest BCUT2D eigenvalue weighted by Crippen LogP contribution is -2.50. The second kappa shape index (κ2) is 7.76. The fourth-order valence-corrected chi connectivity index (χ4v) is 4.16. The van der Waals surface area contributed by atoms with Crippen molar-refractivity contribution in [2.24, 2.45) is 0 Å². The van der Waals surface area contributed by atoms with Crippen LogP contribution in [-0.4, -0.2) is 56.7 Å². The Morgan fingerprint density at radius 2 is 1.84 bits per heavy atom. The number of rotatable bonds is 4. The molecule has 5 rings (SSSR count). The first-order valence-electron chi connectivity index (χ1n) is 10.9. The van der Waals surface area contributed by atoms with Crippen LogP contribution in [0.2, 0.25) is 0 Å². The third kappa shape index (κ3) is 3.66. The number of aryl methyl sites for hydroxylation is 2. The number of hydrogen-bond donors (Lipinski definition) is 0. The van der Waals surface area contributed by atoms with Gasteiger partial charge in [0, 0.05) is 50.5 Å². The van der Waals surface area contributed by atoms with E-state index in [9.17, 15) is 9.59 Å². The Balaban J connectivity index is 1.34. The number of aromatic nitrogens is 4. The first kappa shape index (κ1) is 19.7. The van der Waals surface area contributed by atoms with Gasteiger partial charge >= 0.3 is 0 Å². The van der Waals surface area contributed by atoms with Crippen molar-refractivity contribution >= 4 is 22.8 Å². The Morgan fingerprint density at radius 3 is 2.48 bits per heavy atom. The van der Waals surface area contributed by atoms with E-state index in [0.717, 1.165) is 17.2 Å². The third-order valence-corrected chi connectivity index (χ3v) is 6.19. The molecule has 0 spiro atoms. The number of carbonyl (C=O) groups excluding carboxylic acids is 1. The maximum Gasteiger partial charge on any atom is 0.259 e. The van der Waals surface area contributed by atoms with E-state index < -0.39 is 0 Å². The molecule has 0 N–H and O–H groups in total. The fourth-order valence-electron chi connectivity index (χ4n) is 4.16. The quantitative estimate of drug-likeness (QED) is 0.647. The number of pyridine rings is 2. The van der Waals surface area contributed by atoms with E-state index in [2.05, 4.69) is 26.1 Å². The molecule has 0 unspecified atom stereocenters. The van der Waals surface area contributed by atoms with E-state index in [-0.39, 0.29) is 16.9 Å². The van der Waals surface area contributed by atoms with Crippen LogP contribution in [0.1, 0.15) is 47.4 Å². The standard InChI is InChI=1S/C23H26N6O2/c1-3-27-14-18(21(30)17-7-4-15(2)24-22(17)27)23(31)29-12-10-28(11-13-29)20-9-8-19(25-26-20)16-5-6-16/h4,7-9,14,16H,3,5-6,10-13H2,1-2H3. The molecule has 3 aromatic rings.